The molecule has 0 aliphatic carbocycles. The standard InChI is InChI=1S/C16H17F3N6O2/c1-2-21-14-5-6-22-16(24-14)26-9-11(25-20)8-23-10-3-4-12(17)13(7-10)27-15(18)19/h3-8,15,20,23H,2,9H2,1H3,(H,21,22,24)/b11-8-,25-20?. The van der Waals surface area contributed by atoms with Gasteiger partial charge in [0.2, 0.25) is 0 Å². The van der Waals surface area contributed by atoms with Gasteiger partial charge in [-0.25, -0.2) is 14.9 Å². The summed E-state index contributed by atoms with van der Waals surface area (Å²) in [5, 5.41) is 9.00. The number of aromatic nitrogens is 2. The third kappa shape index (κ3) is 6.45. The quantitative estimate of drug-likeness (QED) is 0.536. The van der Waals surface area contributed by atoms with E-state index >= 15 is 0 Å². The number of anilines is 2. The lowest BCUT2D eigenvalue weighted by Gasteiger charge is -2.09. The molecule has 1 aromatic carbocycles. The minimum Gasteiger partial charge on any atom is -0.457 e. The summed E-state index contributed by atoms with van der Waals surface area (Å²) in [5.41, 5.74) is 7.59. The molecule has 144 valence electrons. The van der Waals surface area contributed by atoms with Crippen LogP contribution < -0.4 is 20.1 Å². The molecule has 0 unspecified atom stereocenters. The van der Waals surface area contributed by atoms with Crippen LogP contribution in [0, 0.1) is 11.3 Å². The van der Waals surface area contributed by atoms with Gasteiger partial charge in [-0.3, -0.25) is 0 Å². The molecule has 0 aliphatic heterocycles. The third-order valence-electron chi connectivity index (χ3n) is 3.04. The van der Waals surface area contributed by atoms with Crippen LogP contribution >= 0.6 is 0 Å². The first-order valence-electron chi connectivity index (χ1n) is 7.79. The van der Waals surface area contributed by atoms with Crippen molar-refractivity contribution in [2.24, 2.45) is 5.11 Å². The highest BCUT2D eigenvalue weighted by Crippen LogP contribution is 2.23. The van der Waals surface area contributed by atoms with Crippen LogP contribution in [0.4, 0.5) is 24.7 Å². The Labute approximate surface area is 152 Å². The van der Waals surface area contributed by atoms with Gasteiger partial charge in [0.1, 0.15) is 18.1 Å². The van der Waals surface area contributed by atoms with Crippen LogP contribution in [0.3, 0.4) is 0 Å². The lowest BCUT2D eigenvalue weighted by Crippen LogP contribution is -2.07. The van der Waals surface area contributed by atoms with Crippen molar-refractivity contribution in [3.05, 3.63) is 48.2 Å². The van der Waals surface area contributed by atoms with E-state index in [1.165, 1.54) is 18.5 Å². The second kappa shape index (κ2) is 9.94. The second-order valence-corrected chi connectivity index (χ2v) is 4.96. The van der Waals surface area contributed by atoms with E-state index in [0.717, 1.165) is 12.1 Å². The lowest BCUT2D eigenvalue weighted by molar-refractivity contribution is -0.0521. The van der Waals surface area contributed by atoms with Crippen molar-refractivity contribution in [1.82, 2.24) is 9.97 Å². The molecule has 0 aliphatic rings. The van der Waals surface area contributed by atoms with Crippen LogP contribution in [0.2, 0.25) is 0 Å². The molecule has 1 heterocycles. The summed E-state index contributed by atoms with van der Waals surface area (Å²) < 4.78 is 47.3. The first-order chi connectivity index (χ1) is 13.0. The molecule has 11 heteroatoms. The van der Waals surface area contributed by atoms with Gasteiger partial charge in [-0.15, -0.1) is 0 Å². The van der Waals surface area contributed by atoms with Crippen molar-refractivity contribution in [3.8, 4) is 11.8 Å². The number of alkyl halides is 2. The molecule has 0 bridgehead atoms. The predicted octanol–water partition coefficient (Wildman–Crippen LogP) is 4.01. The van der Waals surface area contributed by atoms with Crippen LogP contribution in [0.25, 0.3) is 0 Å². The molecule has 0 saturated heterocycles. The molecule has 2 rings (SSSR count). The molecule has 0 amide bonds. The number of nitrogens with zero attached hydrogens (tertiary/aromatic N) is 3. The van der Waals surface area contributed by atoms with Crippen LogP contribution in [-0.4, -0.2) is 29.7 Å². The smallest absolute Gasteiger partial charge is 0.387 e. The van der Waals surface area contributed by atoms with Crippen molar-refractivity contribution in [2.45, 2.75) is 13.5 Å². The summed E-state index contributed by atoms with van der Waals surface area (Å²) in [4.78, 5) is 8.05. The molecular formula is C16H17F3N6O2. The zero-order chi connectivity index (χ0) is 19.6. The minimum absolute atomic E-state index is 0.0948. The van der Waals surface area contributed by atoms with Gasteiger partial charge in [0.05, 0.1) is 0 Å². The highest BCUT2D eigenvalue weighted by molar-refractivity contribution is 5.51. The Balaban J connectivity index is 2.00. The molecule has 0 saturated carbocycles. The fourth-order valence-corrected chi connectivity index (χ4v) is 1.88. The van der Waals surface area contributed by atoms with Crippen LogP contribution in [0.5, 0.6) is 11.8 Å². The van der Waals surface area contributed by atoms with Gasteiger partial charge < -0.3 is 20.1 Å². The summed E-state index contributed by atoms with van der Waals surface area (Å²) in [7, 11) is 0. The van der Waals surface area contributed by atoms with Gasteiger partial charge in [0, 0.05) is 30.7 Å². The highest BCUT2D eigenvalue weighted by Gasteiger charge is 2.10. The fourth-order valence-electron chi connectivity index (χ4n) is 1.88. The van der Waals surface area contributed by atoms with Gasteiger partial charge >= 0.3 is 12.6 Å². The normalized spacial score (nSPS) is 11.2. The van der Waals surface area contributed by atoms with Crippen LogP contribution in [-0.2, 0) is 0 Å². The topological polar surface area (TPSA) is 105 Å². The number of hydrogen-bond donors (Lipinski definition) is 3. The number of hydrogen-bond acceptors (Lipinski definition) is 8. The molecule has 1 aromatic heterocycles. The van der Waals surface area contributed by atoms with Crippen molar-refractivity contribution in [3.63, 3.8) is 0 Å². The summed E-state index contributed by atoms with van der Waals surface area (Å²) in [6.07, 6.45) is 2.82. The maximum Gasteiger partial charge on any atom is 0.387 e. The van der Waals surface area contributed by atoms with E-state index in [4.69, 9.17) is 10.3 Å². The van der Waals surface area contributed by atoms with E-state index in [0.29, 0.717) is 12.4 Å². The lowest BCUT2D eigenvalue weighted by atomic mass is 10.3. The van der Waals surface area contributed by atoms with Crippen molar-refractivity contribution >= 4 is 11.5 Å². The van der Waals surface area contributed by atoms with Gasteiger partial charge in [-0.1, -0.05) is 0 Å². The number of ether oxygens (including phenoxy) is 2. The first-order valence-corrected chi connectivity index (χ1v) is 7.79. The maximum absolute atomic E-state index is 13.4. The van der Waals surface area contributed by atoms with E-state index in [1.807, 2.05) is 6.92 Å². The Morgan fingerprint density at radius 3 is 2.89 bits per heavy atom. The van der Waals surface area contributed by atoms with Crippen molar-refractivity contribution in [1.29, 1.82) is 5.53 Å². The molecule has 0 radical (unpaired) electrons. The Morgan fingerprint density at radius 1 is 1.37 bits per heavy atom. The van der Waals surface area contributed by atoms with Crippen LogP contribution in [0.1, 0.15) is 6.92 Å². The number of nitrogens with one attached hydrogen (secondary N) is 3. The average molecular weight is 382 g/mol. The minimum atomic E-state index is -3.14. The van der Waals surface area contributed by atoms with E-state index < -0.39 is 18.2 Å². The zero-order valence-electron chi connectivity index (χ0n) is 14.2. The van der Waals surface area contributed by atoms with E-state index in [1.54, 1.807) is 6.07 Å². The summed E-state index contributed by atoms with van der Waals surface area (Å²) in [6.45, 7) is -0.659. The van der Waals surface area contributed by atoms with Gasteiger partial charge in [-0.2, -0.15) is 18.9 Å². The molecule has 3 N–H and O–H groups in total. The average Bonchev–Trinajstić information content (AvgIpc) is 2.64. The first kappa shape index (κ1) is 19.9. The third-order valence-corrected chi connectivity index (χ3v) is 3.04. The number of rotatable bonds is 10. The molecule has 0 atom stereocenters. The highest BCUT2D eigenvalue weighted by atomic mass is 19.3. The van der Waals surface area contributed by atoms with Gasteiger partial charge in [-0.05, 0) is 25.1 Å². The zero-order valence-corrected chi connectivity index (χ0v) is 14.2. The largest absolute Gasteiger partial charge is 0.457 e. The molecule has 8 nitrogen and oxygen atoms in total. The van der Waals surface area contributed by atoms with E-state index in [9.17, 15) is 13.2 Å². The summed E-state index contributed by atoms with van der Waals surface area (Å²) in [6, 6.07) is 5.12. The Kier molecular flexibility index (Phi) is 7.35. The molecule has 0 spiro atoms. The Hall–Kier alpha value is -3.37. The van der Waals surface area contributed by atoms with E-state index in [-0.39, 0.29) is 24.0 Å². The van der Waals surface area contributed by atoms with Gasteiger partial charge in [0.25, 0.3) is 0 Å². The predicted molar refractivity (Wildman–Crippen MR) is 91.6 cm³/mol. The van der Waals surface area contributed by atoms with E-state index in [2.05, 4.69) is 30.5 Å². The van der Waals surface area contributed by atoms with Crippen molar-refractivity contribution < 1.29 is 22.6 Å². The number of benzene rings is 1. The summed E-state index contributed by atoms with van der Waals surface area (Å²) >= 11 is 0. The summed E-state index contributed by atoms with van der Waals surface area (Å²) in [5.74, 6) is -0.930. The van der Waals surface area contributed by atoms with Crippen LogP contribution in [0.15, 0.2) is 47.5 Å². The Bertz CT molecular complexity index is 803. The molecule has 2 aromatic rings. The molecule has 0 fully saturated rings. The molecule has 27 heavy (non-hydrogen) atoms. The maximum atomic E-state index is 13.4. The fraction of sp³-hybridized carbons (Fsp3) is 0.250. The monoisotopic (exact) mass is 382 g/mol. The van der Waals surface area contributed by atoms with Crippen molar-refractivity contribution in [2.75, 3.05) is 23.8 Å². The SMILES string of the molecule is CCNc1ccnc(OC/C(=C/Nc2ccc(F)c(OC(F)F)c2)N=N)n1. The molecular weight excluding hydrogens is 365 g/mol. The number of halogens is 3. The second-order valence-electron chi connectivity index (χ2n) is 4.96. The van der Waals surface area contributed by atoms with Gasteiger partial charge in [0.15, 0.2) is 11.6 Å². The Morgan fingerprint density at radius 2 is 2.19 bits per heavy atom.